The van der Waals surface area contributed by atoms with Crippen molar-refractivity contribution >= 4 is 21.6 Å². The molecule has 3 atom stereocenters. The number of rotatable bonds is 3. The lowest BCUT2D eigenvalue weighted by molar-refractivity contribution is -0.173. The molecule has 0 spiro atoms. The fraction of sp³-hybridized carbons (Fsp3) is 0.733. The second kappa shape index (κ2) is 6.14. The van der Waals surface area contributed by atoms with Gasteiger partial charge in [-0.2, -0.15) is 18.3 Å². The summed E-state index contributed by atoms with van der Waals surface area (Å²) in [5.74, 6) is -0.762. The fourth-order valence-corrected chi connectivity index (χ4v) is 5.57. The van der Waals surface area contributed by atoms with E-state index in [1.807, 2.05) is 0 Å². The van der Waals surface area contributed by atoms with Crippen LogP contribution in [-0.4, -0.2) is 53.4 Å². The Hall–Kier alpha value is -1.78. The minimum Gasteiger partial charge on any atom is -0.367 e. The van der Waals surface area contributed by atoms with Gasteiger partial charge < -0.3 is 10.6 Å². The molecule has 11 heteroatoms. The molecule has 3 rings (SSSR count). The van der Waals surface area contributed by atoms with E-state index >= 15 is 0 Å². The van der Waals surface area contributed by atoms with Gasteiger partial charge >= 0.3 is 6.18 Å². The predicted molar refractivity (Wildman–Crippen MR) is 88.8 cm³/mol. The average Bonchev–Trinajstić information content (AvgIpc) is 3.05. The first kappa shape index (κ1) is 19.0. The molecule has 0 bridgehead atoms. The van der Waals surface area contributed by atoms with Crippen LogP contribution in [0.15, 0.2) is 6.07 Å². The number of anilines is 1. The monoisotopic (exact) mass is 394 g/mol. The van der Waals surface area contributed by atoms with Gasteiger partial charge in [0.1, 0.15) is 5.82 Å². The number of fused-ring (bicyclic) bond motifs is 1. The Labute approximate surface area is 149 Å². The summed E-state index contributed by atoms with van der Waals surface area (Å²) in [5, 5.41) is 9.43. The number of hydrogen-bond acceptors (Lipinski definition) is 5. The van der Waals surface area contributed by atoms with Gasteiger partial charge in [-0.15, -0.1) is 0 Å². The molecule has 1 saturated heterocycles. The number of nitrogens with one attached hydrogen (secondary N) is 2. The van der Waals surface area contributed by atoms with Crippen molar-refractivity contribution in [2.24, 2.45) is 0 Å². The minimum absolute atomic E-state index is 0.0284. The standard InChI is InChI=1S/C15H21F3N4O3S/c1-3-9-6-11(15(16,17)18)22-12(19-9)7-10(21-22)13(23)20-14(2)4-5-26(24,25)8-14/h7,9,11,19H,3-6,8H2,1-2H3,(H,20,23)/t9-,11-,14?/m1/s1. The minimum atomic E-state index is -4.48. The summed E-state index contributed by atoms with van der Waals surface area (Å²) < 4.78 is 64.2. The van der Waals surface area contributed by atoms with E-state index in [0.717, 1.165) is 4.68 Å². The summed E-state index contributed by atoms with van der Waals surface area (Å²) >= 11 is 0. The maximum absolute atomic E-state index is 13.4. The zero-order chi connectivity index (χ0) is 19.3. The van der Waals surface area contributed by atoms with Crippen LogP contribution >= 0.6 is 0 Å². The number of sulfone groups is 1. The Morgan fingerprint density at radius 3 is 2.73 bits per heavy atom. The van der Waals surface area contributed by atoms with Gasteiger partial charge in [0.05, 0.1) is 17.0 Å². The van der Waals surface area contributed by atoms with Crippen molar-refractivity contribution in [2.45, 2.75) is 56.9 Å². The summed E-state index contributed by atoms with van der Waals surface area (Å²) in [5.41, 5.74) is -1.10. The van der Waals surface area contributed by atoms with E-state index in [1.54, 1.807) is 13.8 Å². The Kier molecular flexibility index (Phi) is 4.48. The molecule has 0 aromatic carbocycles. The second-order valence-corrected chi connectivity index (χ2v) is 9.44. The van der Waals surface area contributed by atoms with Crippen LogP contribution in [0.5, 0.6) is 0 Å². The molecule has 1 aromatic heterocycles. The van der Waals surface area contributed by atoms with Crippen molar-refractivity contribution < 1.29 is 26.4 Å². The van der Waals surface area contributed by atoms with Crippen molar-refractivity contribution in [1.29, 1.82) is 0 Å². The number of aromatic nitrogens is 2. The van der Waals surface area contributed by atoms with E-state index in [4.69, 9.17) is 0 Å². The zero-order valence-corrected chi connectivity index (χ0v) is 15.2. The van der Waals surface area contributed by atoms with Crippen LogP contribution in [-0.2, 0) is 9.84 Å². The maximum Gasteiger partial charge on any atom is 0.410 e. The van der Waals surface area contributed by atoms with Crippen LogP contribution in [0, 0.1) is 0 Å². The molecule has 1 fully saturated rings. The van der Waals surface area contributed by atoms with Crippen molar-refractivity contribution in [2.75, 3.05) is 16.8 Å². The number of nitrogens with zero attached hydrogens (tertiary/aromatic N) is 2. The largest absolute Gasteiger partial charge is 0.410 e. The van der Waals surface area contributed by atoms with Crippen LogP contribution in [0.25, 0.3) is 0 Å². The van der Waals surface area contributed by atoms with E-state index < -0.39 is 33.5 Å². The van der Waals surface area contributed by atoms with Crippen molar-refractivity contribution in [3.63, 3.8) is 0 Å². The second-order valence-electron chi connectivity index (χ2n) is 7.26. The third-order valence-corrected chi connectivity index (χ3v) is 6.82. The number of hydrogen-bond donors (Lipinski definition) is 2. The summed E-state index contributed by atoms with van der Waals surface area (Å²) in [4.78, 5) is 12.5. The van der Waals surface area contributed by atoms with E-state index in [-0.39, 0.29) is 41.9 Å². The third-order valence-electron chi connectivity index (χ3n) is 4.91. The molecule has 2 aliphatic rings. The number of carbonyl (C=O) groups is 1. The highest BCUT2D eigenvalue weighted by molar-refractivity contribution is 7.91. The molecule has 1 amide bonds. The van der Waals surface area contributed by atoms with Crippen LogP contribution in [0.3, 0.4) is 0 Å². The van der Waals surface area contributed by atoms with E-state index in [1.165, 1.54) is 6.07 Å². The van der Waals surface area contributed by atoms with Gasteiger partial charge in [0.15, 0.2) is 21.6 Å². The number of amides is 1. The lowest BCUT2D eigenvalue weighted by Crippen LogP contribution is -2.47. The molecular formula is C15H21F3N4O3S. The van der Waals surface area contributed by atoms with E-state index in [9.17, 15) is 26.4 Å². The first-order valence-corrected chi connectivity index (χ1v) is 10.2. The predicted octanol–water partition coefficient (Wildman–Crippen LogP) is 1.89. The number of carbonyl (C=O) groups excluding carboxylic acids is 1. The Morgan fingerprint density at radius 1 is 1.50 bits per heavy atom. The van der Waals surface area contributed by atoms with Gasteiger partial charge in [-0.1, -0.05) is 6.92 Å². The first-order chi connectivity index (χ1) is 11.9. The molecule has 0 aliphatic carbocycles. The van der Waals surface area contributed by atoms with E-state index in [2.05, 4.69) is 15.7 Å². The van der Waals surface area contributed by atoms with Gasteiger partial charge in [-0.25, -0.2) is 13.1 Å². The molecule has 7 nitrogen and oxygen atoms in total. The van der Waals surface area contributed by atoms with Crippen LogP contribution < -0.4 is 10.6 Å². The molecule has 3 heterocycles. The average molecular weight is 394 g/mol. The summed E-state index contributed by atoms with van der Waals surface area (Å²) in [6.45, 7) is 3.39. The summed E-state index contributed by atoms with van der Waals surface area (Å²) in [7, 11) is -3.22. The Bertz CT molecular complexity index is 821. The molecular weight excluding hydrogens is 373 g/mol. The molecule has 146 valence electrons. The van der Waals surface area contributed by atoms with Crippen LogP contribution in [0.1, 0.15) is 49.6 Å². The van der Waals surface area contributed by atoms with Gasteiger partial charge in [0, 0.05) is 12.1 Å². The van der Waals surface area contributed by atoms with Gasteiger partial charge in [0.25, 0.3) is 5.91 Å². The van der Waals surface area contributed by atoms with Crippen LogP contribution in [0.2, 0.25) is 0 Å². The lowest BCUT2D eigenvalue weighted by Gasteiger charge is -2.32. The zero-order valence-electron chi connectivity index (χ0n) is 14.4. The number of alkyl halides is 3. The van der Waals surface area contributed by atoms with Gasteiger partial charge in [0.2, 0.25) is 0 Å². The van der Waals surface area contributed by atoms with E-state index in [0.29, 0.717) is 6.42 Å². The van der Waals surface area contributed by atoms with Crippen molar-refractivity contribution in [1.82, 2.24) is 15.1 Å². The number of halogens is 3. The maximum atomic E-state index is 13.4. The lowest BCUT2D eigenvalue weighted by atomic mass is 10.0. The highest BCUT2D eigenvalue weighted by Crippen LogP contribution is 2.40. The quantitative estimate of drug-likeness (QED) is 0.817. The molecule has 1 unspecified atom stereocenters. The fourth-order valence-electron chi connectivity index (χ4n) is 3.48. The topological polar surface area (TPSA) is 93.1 Å². The molecule has 0 saturated carbocycles. The Balaban J connectivity index is 1.85. The highest BCUT2D eigenvalue weighted by Gasteiger charge is 2.46. The molecule has 2 aliphatic heterocycles. The molecule has 1 aromatic rings. The van der Waals surface area contributed by atoms with Crippen LogP contribution in [0.4, 0.5) is 19.0 Å². The normalized spacial score (nSPS) is 30.5. The summed E-state index contributed by atoms with van der Waals surface area (Å²) in [6, 6.07) is -0.880. The van der Waals surface area contributed by atoms with Crippen molar-refractivity contribution in [3.8, 4) is 0 Å². The molecule has 26 heavy (non-hydrogen) atoms. The van der Waals surface area contributed by atoms with Gasteiger partial charge in [-0.05, 0) is 26.2 Å². The Morgan fingerprint density at radius 2 is 2.19 bits per heavy atom. The van der Waals surface area contributed by atoms with Gasteiger partial charge in [-0.3, -0.25) is 4.79 Å². The summed E-state index contributed by atoms with van der Waals surface area (Å²) in [6.07, 6.45) is -3.87. The highest BCUT2D eigenvalue weighted by atomic mass is 32.2. The molecule has 0 radical (unpaired) electrons. The van der Waals surface area contributed by atoms with Crippen molar-refractivity contribution in [3.05, 3.63) is 11.8 Å². The first-order valence-electron chi connectivity index (χ1n) is 8.38. The molecule has 2 N–H and O–H groups in total. The smallest absolute Gasteiger partial charge is 0.367 e. The SMILES string of the molecule is CC[C@@H]1C[C@H](C(F)(F)F)n2nc(C(=O)NC3(C)CCS(=O)(=O)C3)cc2N1. The third kappa shape index (κ3) is 3.67.